The van der Waals surface area contributed by atoms with E-state index in [1.54, 1.807) is 14.2 Å². The Morgan fingerprint density at radius 1 is 1.14 bits per heavy atom. The summed E-state index contributed by atoms with van der Waals surface area (Å²) in [5.41, 5.74) is 2.03. The van der Waals surface area contributed by atoms with Crippen molar-refractivity contribution in [2.75, 3.05) is 34.9 Å². The highest BCUT2D eigenvalue weighted by Gasteiger charge is 2.11. The summed E-state index contributed by atoms with van der Waals surface area (Å²) in [5.74, 6) is 1.43. The number of methoxy groups -OCH3 is 2. The molecule has 0 unspecified atom stereocenters. The highest BCUT2D eigenvalue weighted by atomic mass is 32.1. The van der Waals surface area contributed by atoms with Gasteiger partial charge in [-0.1, -0.05) is 0 Å². The molecular weight excluding hydrogens is 286 g/mol. The third kappa shape index (κ3) is 3.57. The van der Waals surface area contributed by atoms with Gasteiger partial charge in [0.05, 0.1) is 25.3 Å². The van der Waals surface area contributed by atoms with E-state index in [1.165, 1.54) is 0 Å². The van der Waals surface area contributed by atoms with Gasteiger partial charge < -0.3 is 23.9 Å². The number of nitrogens with zero attached hydrogens (tertiary/aromatic N) is 2. The monoisotopic (exact) mass is 309 g/mol. The average Bonchev–Trinajstić information content (AvgIpc) is 2.76. The smallest absolute Gasteiger partial charge is 0.178 e. The third-order valence-electron chi connectivity index (χ3n) is 3.52. The molecule has 0 aliphatic rings. The van der Waals surface area contributed by atoms with Gasteiger partial charge in [-0.05, 0) is 45.7 Å². The van der Waals surface area contributed by atoms with Crippen molar-refractivity contribution in [1.82, 2.24) is 14.5 Å². The second-order valence-electron chi connectivity index (χ2n) is 5.32. The molecule has 0 spiro atoms. The third-order valence-corrected chi connectivity index (χ3v) is 3.84. The van der Waals surface area contributed by atoms with E-state index in [-0.39, 0.29) is 0 Å². The molecule has 0 fully saturated rings. The van der Waals surface area contributed by atoms with Crippen molar-refractivity contribution < 1.29 is 9.47 Å². The molecule has 5 nitrogen and oxygen atoms in total. The maximum Gasteiger partial charge on any atom is 0.178 e. The Labute approximate surface area is 130 Å². The number of hydrogen-bond acceptors (Lipinski definition) is 4. The first kappa shape index (κ1) is 15.9. The number of imidazole rings is 1. The zero-order valence-corrected chi connectivity index (χ0v) is 13.9. The zero-order valence-electron chi connectivity index (χ0n) is 13.1. The van der Waals surface area contributed by atoms with Gasteiger partial charge in [0.25, 0.3) is 0 Å². The Kier molecular flexibility index (Phi) is 5.25. The van der Waals surface area contributed by atoms with E-state index in [0.29, 0.717) is 5.75 Å². The van der Waals surface area contributed by atoms with E-state index in [9.17, 15) is 0 Å². The van der Waals surface area contributed by atoms with Gasteiger partial charge in [0, 0.05) is 18.7 Å². The highest BCUT2D eigenvalue weighted by molar-refractivity contribution is 7.71. The number of aryl methyl sites for hydroxylation is 1. The summed E-state index contributed by atoms with van der Waals surface area (Å²) in [7, 11) is 7.46. The van der Waals surface area contributed by atoms with E-state index in [0.717, 1.165) is 47.5 Å². The Bertz CT molecular complexity index is 661. The lowest BCUT2D eigenvalue weighted by Crippen LogP contribution is -2.13. The Morgan fingerprint density at radius 2 is 1.81 bits per heavy atom. The Morgan fingerprint density at radius 3 is 2.43 bits per heavy atom. The maximum atomic E-state index is 5.43. The van der Waals surface area contributed by atoms with Gasteiger partial charge in [0.2, 0.25) is 0 Å². The first-order valence-electron chi connectivity index (χ1n) is 7.06. The molecule has 1 heterocycles. The number of nitrogens with one attached hydrogen (secondary N) is 1. The van der Waals surface area contributed by atoms with E-state index in [4.69, 9.17) is 21.7 Å². The van der Waals surface area contributed by atoms with Crippen LogP contribution in [0.2, 0.25) is 0 Å². The maximum absolute atomic E-state index is 5.43. The molecule has 0 saturated carbocycles. The first-order chi connectivity index (χ1) is 10.1. The minimum absolute atomic E-state index is 0.709. The van der Waals surface area contributed by atoms with Crippen molar-refractivity contribution in [3.63, 3.8) is 0 Å². The lowest BCUT2D eigenvalue weighted by molar-refractivity contribution is 0.355. The summed E-state index contributed by atoms with van der Waals surface area (Å²) >= 11 is 5.43. The van der Waals surface area contributed by atoms with E-state index >= 15 is 0 Å². The highest BCUT2D eigenvalue weighted by Crippen LogP contribution is 2.32. The van der Waals surface area contributed by atoms with Crippen LogP contribution in [0.4, 0.5) is 0 Å². The van der Waals surface area contributed by atoms with Crippen molar-refractivity contribution in [1.29, 1.82) is 0 Å². The predicted octanol–water partition coefficient (Wildman–Crippen LogP) is 3.06. The normalized spacial score (nSPS) is 11.3. The van der Waals surface area contributed by atoms with Crippen LogP contribution in [0.3, 0.4) is 0 Å². The van der Waals surface area contributed by atoms with Crippen LogP contribution in [0.5, 0.6) is 11.5 Å². The summed E-state index contributed by atoms with van der Waals surface area (Å²) in [6.07, 6.45) is 2.24. The van der Waals surface area contributed by atoms with E-state index < -0.39 is 0 Å². The van der Waals surface area contributed by atoms with Gasteiger partial charge in [-0.25, -0.2) is 0 Å². The van der Waals surface area contributed by atoms with Gasteiger partial charge in [0.15, 0.2) is 16.3 Å². The standard InChI is InChI=1S/C15H23N3O2S/c1-17(2)7-5-6-8-18-12-10-14(20-4)13(19-3)9-11(12)16-15(18)21/h9-10H,5-8H2,1-4H3,(H,16,21). The molecule has 0 atom stereocenters. The molecule has 1 aromatic heterocycles. The molecule has 6 heteroatoms. The predicted molar refractivity (Wildman–Crippen MR) is 88.0 cm³/mol. The number of aromatic amines is 1. The number of unbranched alkanes of at least 4 members (excludes halogenated alkanes) is 1. The molecule has 0 radical (unpaired) electrons. The fraction of sp³-hybridized carbons (Fsp3) is 0.533. The zero-order chi connectivity index (χ0) is 15.4. The van der Waals surface area contributed by atoms with Gasteiger partial charge in [-0.15, -0.1) is 0 Å². The van der Waals surface area contributed by atoms with Crippen LogP contribution in [0.25, 0.3) is 11.0 Å². The Hall–Kier alpha value is -1.53. The number of ether oxygens (including phenoxy) is 2. The summed E-state index contributed by atoms with van der Waals surface area (Å²) in [5, 5.41) is 0. The molecule has 0 aliphatic heterocycles. The fourth-order valence-corrected chi connectivity index (χ4v) is 2.70. The quantitative estimate of drug-likeness (QED) is 0.630. The van der Waals surface area contributed by atoms with Crippen molar-refractivity contribution in [2.24, 2.45) is 0 Å². The fourth-order valence-electron chi connectivity index (χ4n) is 2.40. The van der Waals surface area contributed by atoms with Crippen molar-refractivity contribution >= 4 is 23.3 Å². The number of benzene rings is 1. The molecule has 2 rings (SSSR count). The molecule has 1 N–H and O–H groups in total. The number of H-pyrrole nitrogens is 1. The first-order valence-corrected chi connectivity index (χ1v) is 7.47. The number of rotatable bonds is 7. The summed E-state index contributed by atoms with van der Waals surface area (Å²) in [4.78, 5) is 5.43. The summed E-state index contributed by atoms with van der Waals surface area (Å²) in [6.45, 7) is 2.00. The van der Waals surface area contributed by atoms with Crippen LogP contribution in [0.1, 0.15) is 12.8 Å². The van der Waals surface area contributed by atoms with Crippen LogP contribution >= 0.6 is 12.2 Å². The van der Waals surface area contributed by atoms with Crippen LogP contribution in [-0.4, -0.2) is 49.3 Å². The molecule has 2 aromatic rings. The van der Waals surface area contributed by atoms with Gasteiger partial charge in [-0.2, -0.15) is 0 Å². The van der Waals surface area contributed by atoms with Gasteiger partial charge >= 0.3 is 0 Å². The minimum Gasteiger partial charge on any atom is -0.493 e. The van der Waals surface area contributed by atoms with E-state index in [1.807, 2.05) is 12.1 Å². The number of aromatic nitrogens is 2. The van der Waals surface area contributed by atoms with Crippen LogP contribution in [-0.2, 0) is 6.54 Å². The molecule has 0 amide bonds. The SMILES string of the molecule is COc1cc2[nH]c(=S)n(CCCCN(C)C)c2cc1OC. The molecule has 21 heavy (non-hydrogen) atoms. The average molecular weight is 309 g/mol. The molecule has 0 saturated heterocycles. The summed E-state index contributed by atoms with van der Waals surface area (Å²) in [6, 6.07) is 3.91. The topological polar surface area (TPSA) is 42.4 Å². The lowest BCUT2D eigenvalue weighted by Gasteiger charge is -2.11. The second kappa shape index (κ2) is 6.95. The molecule has 116 valence electrons. The van der Waals surface area contributed by atoms with Crippen molar-refractivity contribution in [3.05, 3.63) is 16.9 Å². The number of fused-ring (bicyclic) bond motifs is 1. The Balaban J connectivity index is 2.27. The van der Waals surface area contributed by atoms with Gasteiger partial charge in [0.1, 0.15) is 0 Å². The van der Waals surface area contributed by atoms with Crippen LogP contribution in [0.15, 0.2) is 12.1 Å². The molecule has 1 aromatic carbocycles. The van der Waals surface area contributed by atoms with Crippen LogP contribution in [0, 0.1) is 4.77 Å². The molecular formula is C15H23N3O2S. The van der Waals surface area contributed by atoms with Crippen molar-refractivity contribution in [2.45, 2.75) is 19.4 Å². The van der Waals surface area contributed by atoms with E-state index in [2.05, 4.69) is 28.5 Å². The second-order valence-corrected chi connectivity index (χ2v) is 5.70. The lowest BCUT2D eigenvalue weighted by atomic mass is 10.2. The molecule has 0 aliphatic carbocycles. The number of hydrogen-bond donors (Lipinski definition) is 1. The van der Waals surface area contributed by atoms with Gasteiger partial charge in [-0.3, -0.25) is 0 Å². The molecule has 0 bridgehead atoms. The summed E-state index contributed by atoms with van der Waals surface area (Å²) < 4.78 is 13.6. The van der Waals surface area contributed by atoms with Crippen LogP contribution < -0.4 is 9.47 Å². The van der Waals surface area contributed by atoms with Crippen molar-refractivity contribution in [3.8, 4) is 11.5 Å². The largest absolute Gasteiger partial charge is 0.493 e. The minimum atomic E-state index is 0.709.